The van der Waals surface area contributed by atoms with Gasteiger partial charge in [-0.05, 0) is 19.3 Å². The smallest absolute Gasteiger partial charge is 0.0398 e. The molecule has 5 aromatic carbocycles. The van der Waals surface area contributed by atoms with E-state index >= 15 is 0 Å². The van der Waals surface area contributed by atoms with Crippen LogP contribution in [0.4, 0.5) is 0 Å². The van der Waals surface area contributed by atoms with Gasteiger partial charge in [0.1, 0.15) is 0 Å². The van der Waals surface area contributed by atoms with Gasteiger partial charge >= 0.3 is 191 Å². The summed E-state index contributed by atoms with van der Waals surface area (Å²) < 4.78 is 2.14. The van der Waals surface area contributed by atoms with Crippen molar-refractivity contribution in [3.63, 3.8) is 0 Å². The Morgan fingerprint density at radius 3 is 1.02 bits per heavy atom. The number of aromatic hydroxyl groups is 2. The van der Waals surface area contributed by atoms with Crippen molar-refractivity contribution in [3.8, 4) is 33.8 Å². The third kappa shape index (κ3) is 17.3. The average Bonchev–Trinajstić information content (AvgIpc) is 3.08. The van der Waals surface area contributed by atoms with E-state index in [1.54, 1.807) is 6.92 Å². The zero-order valence-corrected chi connectivity index (χ0v) is 38.0. The van der Waals surface area contributed by atoms with Gasteiger partial charge in [-0.2, -0.15) is 0 Å². The van der Waals surface area contributed by atoms with Crippen LogP contribution in [0.25, 0.3) is 22.3 Å². The second kappa shape index (κ2) is 22.2. The Morgan fingerprint density at radius 2 is 0.796 bits per heavy atom. The summed E-state index contributed by atoms with van der Waals surface area (Å²) in [5.41, 5.74) is 9.99. The standard InChI is InChI=1S/C27H30O2.2C7H8.C5H12.C5H6.W/c1-17-18(20-13-9-15-22(24(20)28)26(2,3)4)11-8-12-19(17)21-14-10-16-23(25(21)29)27(5,6)7;2*1-7-5-3-2-4-6-7;1-5(2,3)4;1-4-5(2)3;/h1,8-16,28-29H,2-7H3;2*2-6H,1H3;1-4H3;1-2,4H,3H3;/q;;;;-2;. The van der Waals surface area contributed by atoms with E-state index < -0.39 is 0 Å². The van der Waals surface area contributed by atoms with Crippen molar-refractivity contribution in [1.82, 2.24) is 0 Å². The van der Waals surface area contributed by atoms with Crippen LogP contribution in [-0.4, -0.2) is 14.6 Å². The van der Waals surface area contributed by atoms with Gasteiger partial charge in [0.25, 0.3) is 0 Å². The summed E-state index contributed by atoms with van der Waals surface area (Å²) >= 11 is 1.32. The maximum Gasteiger partial charge on any atom is -0.0398 e. The van der Waals surface area contributed by atoms with Crippen LogP contribution in [0.15, 0.2) is 127 Å². The molecule has 0 radical (unpaired) electrons. The molecule has 54 heavy (non-hydrogen) atoms. The fourth-order valence-electron chi connectivity index (χ4n) is 4.96. The minimum absolute atomic E-state index is 0.154. The first-order valence-corrected chi connectivity index (χ1v) is 20.1. The molecule has 0 atom stereocenters. The molecule has 5 rings (SSSR count). The maximum absolute atomic E-state index is 11.1. The number of hydrogen-bond acceptors (Lipinski definition) is 2. The first-order valence-electron chi connectivity index (χ1n) is 18.4. The Balaban J connectivity index is 0.000000485. The van der Waals surface area contributed by atoms with Gasteiger partial charge < -0.3 is 24.8 Å². The van der Waals surface area contributed by atoms with Gasteiger partial charge in [-0.15, -0.1) is 6.92 Å². The maximum atomic E-state index is 11.1. The Hall–Kier alpha value is -4.26. The third-order valence-electron chi connectivity index (χ3n) is 7.64. The molecule has 2 nitrogen and oxygen atoms in total. The number of para-hydroxylation sites is 2. The third-order valence-corrected chi connectivity index (χ3v) is 8.48. The first-order chi connectivity index (χ1) is 25.0. The normalized spacial score (nSPS) is 10.7. The van der Waals surface area contributed by atoms with Gasteiger partial charge in [-0.3, -0.25) is 0 Å². The summed E-state index contributed by atoms with van der Waals surface area (Å²) in [4.78, 5) is 0. The molecule has 0 amide bonds. The summed E-state index contributed by atoms with van der Waals surface area (Å²) in [6.45, 7) is 37.2. The Labute approximate surface area is 340 Å². The van der Waals surface area contributed by atoms with Crippen LogP contribution in [0.3, 0.4) is 0 Å². The van der Waals surface area contributed by atoms with Gasteiger partial charge in [-0.25, -0.2) is 0 Å². The summed E-state index contributed by atoms with van der Waals surface area (Å²) in [6, 6.07) is 38.5. The molecule has 0 saturated heterocycles. The molecule has 0 fully saturated rings. The molecule has 288 valence electrons. The minimum Gasteiger partial charge on any atom is -0.394 e. The Bertz CT molecular complexity index is 1770. The molecular formula is C51H64O2W-2. The second-order valence-electron chi connectivity index (χ2n) is 17.0. The molecule has 0 aliphatic carbocycles. The molecule has 0 unspecified atom stereocenters. The SMILES string of the molecule is CC(C)(C)C.CC(C)(C)c1cccc(-c2cccc(-c3cccc(C(C)(C)C)c3O)c2[CH]=[W])c1O.Cc1ccccc1.Cc1ccccc1.[CH-]=CC(=[CH-])C. The van der Waals surface area contributed by atoms with Crippen LogP contribution in [0.2, 0.25) is 0 Å². The molecule has 0 aromatic heterocycles. The number of phenols is 2. The average molecular weight is 893 g/mol. The molecule has 3 heteroatoms. The molecule has 5 aromatic rings. The van der Waals surface area contributed by atoms with Crippen molar-refractivity contribution in [1.29, 1.82) is 0 Å². The predicted molar refractivity (Wildman–Crippen MR) is 233 cm³/mol. The molecule has 0 heterocycles. The minimum atomic E-state index is -0.154. The van der Waals surface area contributed by atoms with E-state index in [0.717, 1.165) is 38.9 Å². The van der Waals surface area contributed by atoms with Crippen molar-refractivity contribution in [3.05, 3.63) is 168 Å². The fourth-order valence-corrected chi connectivity index (χ4v) is 5.88. The van der Waals surface area contributed by atoms with E-state index in [1.807, 2.05) is 91.0 Å². The monoisotopic (exact) mass is 892 g/mol. The fraction of sp³-hybridized carbons (Fsp3) is 0.314. The van der Waals surface area contributed by atoms with Gasteiger partial charge in [0.2, 0.25) is 0 Å². The number of hydrogen-bond donors (Lipinski definition) is 2. The summed E-state index contributed by atoms with van der Waals surface area (Å²) in [5, 5.41) is 22.2. The van der Waals surface area contributed by atoms with Gasteiger partial charge in [-0.1, -0.05) is 99.5 Å². The first kappa shape index (κ1) is 47.8. The van der Waals surface area contributed by atoms with Crippen LogP contribution >= 0.6 is 0 Å². The molecule has 2 N–H and O–H groups in total. The molecular weight excluding hydrogens is 828 g/mol. The van der Waals surface area contributed by atoms with E-state index in [4.69, 9.17) is 13.2 Å². The molecule has 0 aliphatic heterocycles. The molecule has 0 aliphatic rings. The van der Waals surface area contributed by atoms with Gasteiger partial charge in [0.15, 0.2) is 0 Å². The van der Waals surface area contributed by atoms with Crippen LogP contribution in [0, 0.1) is 32.4 Å². The van der Waals surface area contributed by atoms with Crippen LogP contribution < -0.4 is 0 Å². The van der Waals surface area contributed by atoms with Crippen molar-refractivity contribution >= 4 is 4.40 Å². The van der Waals surface area contributed by atoms with E-state index in [2.05, 4.69) is 112 Å². The number of phenolic OH excluding ortho intramolecular Hbond substituents is 2. The van der Waals surface area contributed by atoms with E-state index in [-0.39, 0.29) is 10.8 Å². The zero-order chi connectivity index (χ0) is 41.3. The van der Waals surface area contributed by atoms with E-state index in [0.29, 0.717) is 22.5 Å². The predicted octanol–water partition coefficient (Wildman–Crippen LogP) is 14.1. The Kier molecular flexibility index (Phi) is 19.6. The van der Waals surface area contributed by atoms with E-state index in [9.17, 15) is 10.2 Å². The summed E-state index contributed by atoms with van der Waals surface area (Å²) in [5.74, 6) is 0.654. The van der Waals surface area contributed by atoms with Crippen LogP contribution in [-0.2, 0) is 30.2 Å². The number of allylic oxidation sites excluding steroid dienone is 2. The van der Waals surface area contributed by atoms with Crippen LogP contribution in [0.5, 0.6) is 11.5 Å². The summed E-state index contributed by atoms with van der Waals surface area (Å²) in [7, 11) is 0. The van der Waals surface area contributed by atoms with E-state index in [1.165, 1.54) is 36.6 Å². The number of rotatable bonds is 4. The van der Waals surface area contributed by atoms with Gasteiger partial charge in [0.05, 0.1) is 0 Å². The van der Waals surface area contributed by atoms with Crippen molar-refractivity contribution in [2.45, 2.75) is 101 Å². The molecule has 0 spiro atoms. The largest absolute Gasteiger partial charge is 0.394 e. The quantitative estimate of drug-likeness (QED) is 0.139. The zero-order valence-electron chi connectivity index (χ0n) is 35.1. The second-order valence-corrected chi connectivity index (χ2v) is 17.9. The van der Waals surface area contributed by atoms with Crippen molar-refractivity contribution in [2.75, 3.05) is 0 Å². The topological polar surface area (TPSA) is 40.5 Å². The van der Waals surface area contributed by atoms with Gasteiger partial charge in [0, 0.05) is 0 Å². The molecule has 0 bridgehead atoms. The van der Waals surface area contributed by atoms with Crippen LogP contribution in [0.1, 0.15) is 104 Å². The summed E-state index contributed by atoms with van der Waals surface area (Å²) in [6.07, 6.45) is 1.36. The van der Waals surface area contributed by atoms with Crippen molar-refractivity contribution in [2.24, 2.45) is 5.41 Å². The Morgan fingerprint density at radius 1 is 0.519 bits per heavy atom. The number of benzene rings is 5. The van der Waals surface area contributed by atoms with Crippen molar-refractivity contribution < 1.29 is 29.6 Å². The number of aryl methyl sites for hydroxylation is 2. The molecule has 0 saturated carbocycles.